The van der Waals surface area contributed by atoms with Crippen molar-refractivity contribution in [3.05, 3.63) is 52.2 Å². The van der Waals surface area contributed by atoms with Gasteiger partial charge in [0.1, 0.15) is 16.6 Å². The zero-order valence-corrected chi connectivity index (χ0v) is 17.5. The number of hydrogen-bond donors (Lipinski definition) is 0. The van der Waals surface area contributed by atoms with Gasteiger partial charge in [0.15, 0.2) is 0 Å². The van der Waals surface area contributed by atoms with Crippen molar-refractivity contribution < 1.29 is 9.59 Å². The lowest BCUT2D eigenvalue weighted by Crippen LogP contribution is -2.35. The number of amides is 2. The Bertz CT molecular complexity index is 1230. The lowest BCUT2D eigenvalue weighted by Gasteiger charge is -2.26. The van der Waals surface area contributed by atoms with Crippen molar-refractivity contribution in [1.29, 1.82) is 5.26 Å². The summed E-state index contributed by atoms with van der Waals surface area (Å²) in [4.78, 5) is 33.8. The summed E-state index contributed by atoms with van der Waals surface area (Å²) < 4.78 is 0.911. The Labute approximate surface area is 178 Å². The van der Waals surface area contributed by atoms with Crippen LogP contribution in [0.15, 0.2) is 30.5 Å². The average molecular weight is 417 g/mol. The highest BCUT2D eigenvalue weighted by Gasteiger charge is 2.28. The molecule has 2 aromatic heterocycles. The molecule has 30 heavy (non-hydrogen) atoms. The third kappa shape index (κ3) is 2.87. The first-order valence-electron chi connectivity index (χ1n) is 10.1. The molecule has 7 heteroatoms. The lowest BCUT2D eigenvalue weighted by atomic mass is 10.0. The first kappa shape index (κ1) is 18.8. The molecule has 0 radical (unpaired) electrons. The van der Waals surface area contributed by atoms with Gasteiger partial charge in [0.2, 0.25) is 0 Å². The van der Waals surface area contributed by atoms with Crippen LogP contribution in [0.5, 0.6) is 0 Å². The minimum absolute atomic E-state index is 0.0438. The number of hydrogen-bond acceptors (Lipinski definition) is 5. The van der Waals surface area contributed by atoms with E-state index in [9.17, 15) is 14.9 Å². The minimum atomic E-state index is -0.0629. The highest BCUT2D eigenvalue weighted by molar-refractivity contribution is 7.21. The van der Waals surface area contributed by atoms with Crippen LogP contribution in [0.25, 0.3) is 21.2 Å². The molecule has 6 nitrogen and oxygen atoms in total. The van der Waals surface area contributed by atoms with E-state index in [-0.39, 0.29) is 11.8 Å². The molecule has 0 aliphatic carbocycles. The fourth-order valence-electron chi connectivity index (χ4n) is 4.33. The minimum Gasteiger partial charge on any atom is -0.338 e. The first-order valence-corrected chi connectivity index (χ1v) is 10.9. The Morgan fingerprint density at radius 2 is 2.03 bits per heavy atom. The van der Waals surface area contributed by atoms with E-state index < -0.39 is 0 Å². The largest absolute Gasteiger partial charge is 0.338 e. The monoisotopic (exact) mass is 416 g/mol. The number of rotatable bonds is 2. The van der Waals surface area contributed by atoms with Crippen molar-refractivity contribution in [3.63, 3.8) is 0 Å². The van der Waals surface area contributed by atoms with Crippen LogP contribution in [0.1, 0.15) is 50.5 Å². The number of likely N-dealkylation sites (tertiary alicyclic amines) is 1. The Morgan fingerprint density at radius 1 is 1.23 bits per heavy atom. The molecule has 5 rings (SSSR count). The fraction of sp³-hybridized carbons (Fsp3) is 0.304. The van der Waals surface area contributed by atoms with Gasteiger partial charge in [-0.1, -0.05) is 18.2 Å². The molecule has 0 bridgehead atoms. The normalized spacial score (nSPS) is 16.1. The molecule has 4 heterocycles. The van der Waals surface area contributed by atoms with E-state index in [0.717, 1.165) is 59.1 Å². The van der Waals surface area contributed by atoms with E-state index in [2.05, 4.69) is 11.1 Å². The molecule has 1 aromatic carbocycles. The van der Waals surface area contributed by atoms with Gasteiger partial charge < -0.3 is 9.80 Å². The number of thiophene rings is 1. The van der Waals surface area contributed by atoms with Gasteiger partial charge in [0.25, 0.3) is 11.8 Å². The van der Waals surface area contributed by atoms with Crippen LogP contribution in [0, 0.1) is 11.3 Å². The van der Waals surface area contributed by atoms with E-state index in [1.54, 1.807) is 18.1 Å². The predicted molar refractivity (Wildman–Crippen MR) is 115 cm³/mol. The van der Waals surface area contributed by atoms with Crippen molar-refractivity contribution in [3.8, 4) is 17.2 Å². The maximum absolute atomic E-state index is 13.2. The zero-order chi connectivity index (χ0) is 20.8. The number of piperidine rings is 1. The van der Waals surface area contributed by atoms with Crippen molar-refractivity contribution >= 4 is 33.2 Å². The number of nitriles is 1. The van der Waals surface area contributed by atoms with Crippen LogP contribution in [0.2, 0.25) is 0 Å². The molecule has 2 amide bonds. The molecule has 3 aromatic rings. The topological polar surface area (TPSA) is 77.3 Å². The molecule has 0 atom stereocenters. The number of fused-ring (bicyclic) bond motifs is 2. The quantitative estimate of drug-likeness (QED) is 0.632. The lowest BCUT2D eigenvalue weighted by molar-refractivity contribution is 0.0728. The summed E-state index contributed by atoms with van der Waals surface area (Å²) in [6, 6.07) is 10.1. The number of nitrogens with zero attached hydrogens (tertiary/aromatic N) is 4. The summed E-state index contributed by atoms with van der Waals surface area (Å²) in [6.07, 6.45) is 4.88. The summed E-state index contributed by atoms with van der Waals surface area (Å²) in [5.74, 6) is -0.107. The standard InChI is InChI=1S/C23H20N4O2S/c1-26-13-15-10-14(12-25-19(15)22(26)28)16-6-5-7-17-18(11-24)21(30-20(16)17)23(29)27-8-3-2-4-9-27/h5-7,10,12H,2-4,8-9,13H2,1H3. The summed E-state index contributed by atoms with van der Waals surface area (Å²) in [5, 5.41) is 10.6. The second kappa shape index (κ2) is 7.22. The number of aromatic nitrogens is 1. The van der Waals surface area contributed by atoms with Crippen molar-refractivity contribution in [2.75, 3.05) is 20.1 Å². The van der Waals surface area contributed by atoms with Gasteiger partial charge in [0.05, 0.1) is 5.56 Å². The van der Waals surface area contributed by atoms with Crippen LogP contribution in [-0.2, 0) is 6.54 Å². The number of carbonyl (C=O) groups is 2. The molecule has 150 valence electrons. The SMILES string of the molecule is CN1Cc2cc(-c3cccc4c(C#N)c(C(=O)N5CCCCC5)sc34)cnc2C1=O. The molecule has 0 N–H and O–H groups in total. The van der Waals surface area contributed by atoms with Crippen LogP contribution >= 0.6 is 11.3 Å². The molecule has 0 unspecified atom stereocenters. The Hall–Kier alpha value is -3.24. The van der Waals surface area contributed by atoms with Gasteiger partial charge in [-0.05, 0) is 25.3 Å². The number of pyridine rings is 1. The predicted octanol–water partition coefficient (Wildman–Crippen LogP) is 4.05. The van der Waals surface area contributed by atoms with Gasteiger partial charge in [-0.3, -0.25) is 14.6 Å². The summed E-state index contributed by atoms with van der Waals surface area (Å²) in [7, 11) is 1.77. The maximum Gasteiger partial charge on any atom is 0.272 e. The van der Waals surface area contributed by atoms with Crippen molar-refractivity contribution in [2.45, 2.75) is 25.8 Å². The van der Waals surface area contributed by atoms with Crippen molar-refractivity contribution in [1.82, 2.24) is 14.8 Å². The Kier molecular flexibility index (Phi) is 4.52. The second-order valence-corrected chi connectivity index (χ2v) is 8.87. The molecule has 0 spiro atoms. The van der Waals surface area contributed by atoms with Crippen LogP contribution in [0.3, 0.4) is 0 Å². The zero-order valence-electron chi connectivity index (χ0n) is 16.6. The van der Waals surface area contributed by atoms with Gasteiger partial charge in [-0.2, -0.15) is 5.26 Å². The molecule has 2 aliphatic heterocycles. The van der Waals surface area contributed by atoms with E-state index in [0.29, 0.717) is 22.7 Å². The molecular formula is C23H20N4O2S. The fourth-order valence-corrected chi connectivity index (χ4v) is 5.58. The van der Waals surface area contributed by atoms with Crippen LogP contribution in [0.4, 0.5) is 0 Å². The maximum atomic E-state index is 13.2. The highest BCUT2D eigenvalue weighted by atomic mass is 32.1. The molecular weight excluding hydrogens is 396 g/mol. The van der Waals surface area contributed by atoms with Gasteiger partial charge in [0, 0.05) is 59.7 Å². The molecule has 0 saturated carbocycles. The van der Waals surface area contributed by atoms with Crippen LogP contribution < -0.4 is 0 Å². The van der Waals surface area contributed by atoms with Crippen molar-refractivity contribution in [2.24, 2.45) is 0 Å². The Balaban J connectivity index is 1.62. The van der Waals surface area contributed by atoms with E-state index in [4.69, 9.17) is 0 Å². The van der Waals surface area contributed by atoms with Gasteiger partial charge >= 0.3 is 0 Å². The third-order valence-corrected chi connectivity index (χ3v) is 7.13. The van der Waals surface area contributed by atoms with Crippen LogP contribution in [-0.4, -0.2) is 46.7 Å². The third-order valence-electron chi connectivity index (χ3n) is 5.90. The summed E-state index contributed by atoms with van der Waals surface area (Å²) in [6.45, 7) is 2.04. The molecule has 1 saturated heterocycles. The number of carbonyl (C=O) groups excluding carboxylic acids is 2. The van der Waals surface area contributed by atoms with E-state index >= 15 is 0 Å². The van der Waals surface area contributed by atoms with E-state index in [1.165, 1.54) is 11.3 Å². The molecule has 1 fully saturated rings. The summed E-state index contributed by atoms with van der Waals surface area (Å²) >= 11 is 1.39. The van der Waals surface area contributed by atoms with E-state index in [1.807, 2.05) is 29.2 Å². The summed E-state index contributed by atoms with van der Waals surface area (Å²) in [5.41, 5.74) is 3.68. The van der Waals surface area contributed by atoms with Gasteiger partial charge in [-0.15, -0.1) is 11.3 Å². The first-order chi connectivity index (χ1) is 14.6. The van der Waals surface area contributed by atoms with Gasteiger partial charge in [-0.25, -0.2) is 0 Å². The Morgan fingerprint density at radius 3 is 2.80 bits per heavy atom. The highest BCUT2D eigenvalue weighted by Crippen LogP contribution is 2.39. The second-order valence-electron chi connectivity index (χ2n) is 7.85. The average Bonchev–Trinajstić information content (AvgIpc) is 3.30. The number of benzene rings is 1. The smallest absolute Gasteiger partial charge is 0.272 e. The molecule has 2 aliphatic rings.